The largest absolute Gasteiger partial charge is 0.410 e. The van der Waals surface area contributed by atoms with Crippen molar-refractivity contribution < 1.29 is 9.53 Å². The molecule has 0 amide bonds. The summed E-state index contributed by atoms with van der Waals surface area (Å²) >= 11 is 0. The van der Waals surface area contributed by atoms with Gasteiger partial charge in [-0.1, -0.05) is 19.3 Å². The minimum Gasteiger partial charge on any atom is -0.410 e. The van der Waals surface area contributed by atoms with E-state index in [4.69, 9.17) is 4.74 Å². The predicted molar refractivity (Wildman–Crippen MR) is 73.3 cm³/mol. The van der Waals surface area contributed by atoms with Crippen LogP contribution in [0.25, 0.3) is 0 Å². The van der Waals surface area contributed by atoms with Gasteiger partial charge in [-0.05, 0) is 12.8 Å². The monoisotopic (exact) mass is 265 g/mol. The second-order valence-electron chi connectivity index (χ2n) is 5.83. The highest BCUT2D eigenvalue weighted by Crippen LogP contribution is 2.36. The summed E-state index contributed by atoms with van der Waals surface area (Å²) in [6.07, 6.45) is 5.95. The number of piperazine rings is 1. The molecule has 1 spiro atoms. The predicted octanol–water partition coefficient (Wildman–Crippen LogP) is 0.940. The Morgan fingerprint density at radius 2 is 1.95 bits per heavy atom. The van der Waals surface area contributed by atoms with Crippen molar-refractivity contribution in [2.24, 2.45) is 4.99 Å². The lowest BCUT2D eigenvalue weighted by molar-refractivity contribution is -0.140. The molecular weight excluding hydrogens is 242 g/mol. The first-order chi connectivity index (χ1) is 9.28. The van der Waals surface area contributed by atoms with Gasteiger partial charge >= 0.3 is 5.97 Å². The Bertz CT molecular complexity index is 369. The number of nitrogens with one attached hydrogen (secondary N) is 1. The lowest BCUT2D eigenvalue weighted by atomic mass is 9.83. The second-order valence-corrected chi connectivity index (χ2v) is 5.83. The van der Waals surface area contributed by atoms with Gasteiger partial charge in [0.05, 0.1) is 0 Å². The van der Waals surface area contributed by atoms with Crippen molar-refractivity contribution in [1.82, 2.24) is 10.2 Å². The van der Waals surface area contributed by atoms with Gasteiger partial charge in [-0.25, -0.2) is 9.79 Å². The zero-order chi connectivity index (χ0) is 13.1. The van der Waals surface area contributed by atoms with Crippen molar-refractivity contribution in [1.29, 1.82) is 0 Å². The van der Waals surface area contributed by atoms with Crippen molar-refractivity contribution in [3.63, 3.8) is 0 Å². The lowest BCUT2D eigenvalue weighted by Crippen LogP contribution is -2.44. The number of carbonyl (C=O) groups is 1. The van der Waals surface area contributed by atoms with E-state index in [1.807, 2.05) is 0 Å². The Kier molecular flexibility index (Phi) is 3.84. The van der Waals surface area contributed by atoms with E-state index in [0.717, 1.165) is 64.8 Å². The number of nitrogens with zero attached hydrogens (tertiary/aromatic N) is 2. The maximum absolute atomic E-state index is 12.1. The summed E-state index contributed by atoms with van der Waals surface area (Å²) in [6.45, 7) is 5.20. The Hall–Kier alpha value is -0.940. The molecule has 1 saturated heterocycles. The molecule has 0 bridgehead atoms. The molecule has 0 aromatic carbocycles. The number of rotatable bonds is 3. The van der Waals surface area contributed by atoms with Crippen LogP contribution in [0.5, 0.6) is 0 Å². The van der Waals surface area contributed by atoms with Crippen LogP contribution < -0.4 is 5.32 Å². The first-order valence-corrected chi connectivity index (χ1v) is 7.53. The lowest BCUT2D eigenvalue weighted by Gasteiger charge is -2.26. The van der Waals surface area contributed by atoms with Crippen LogP contribution in [0.2, 0.25) is 0 Å². The maximum Gasteiger partial charge on any atom is 0.340 e. The standard InChI is InChI=1S/C14H23N3O2/c18-13-14(5-2-1-3-6-14)16-12(19-13)4-9-17-10-7-15-8-11-17/h15H,1-11H2. The van der Waals surface area contributed by atoms with Crippen molar-refractivity contribution in [3.05, 3.63) is 0 Å². The van der Waals surface area contributed by atoms with Gasteiger partial charge in [-0.2, -0.15) is 0 Å². The quantitative estimate of drug-likeness (QED) is 0.772. The third-order valence-electron chi connectivity index (χ3n) is 4.46. The van der Waals surface area contributed by atoms with E-state index in [9.17, 15) is 4.79 Å². The summed E-state index contributed by atoms with van der Waals surface area (Å²) in [5, 5.41) is 3.34. The van der Waals surface area contributed by atoms with Crippen molar-refractivity contribution >= 4 is 11.9 Å². The van der Waals surface area contributed by atoms with E-state index < -0.39 is 5.54 Å². The molecule has 5 nitrogen and oxygen atoms in total. The fourth-order valence-corrected chi connectivity index (χ4v) is 3.26. The molecule has 3 aliphatic rings. The fourth-order valence-electron chi connectivity index (χ4n) is 3.26. The molecule has 5 heteroatoms. The third-order valence-corrected chi connectivity index (χ3v) is 4.46. The number of hydrogen-bond acceptors (Lipinski definition) is 5. The average Bonchev–Trinajstić information content (AvgIpc) is 2.75. The minimum atomic E-state index is -0.503. The van der Waals surface area contributed by atoms with E-state index in [1.165, 1.54) is 6.42 Å². The maximum atomic E-state index is 12.1. The molecule has 1 N–H and O–H groups in total. The summed E-state index contributed by atoms with van der Waals surface area (Å²) < 4.78 is 5.41. The van der Waals surface area contributed by atoms with Gasteiger partial charge in [-0.15, -0.1) is 0 Å². The smallest absolute Gasteiger partial charge is 0.340 e. The van der Waals surface area contributed by atoms with Gasteiger partial charge in [0.1, 0.15) is 0 Å². The van der Waals surface area contributed by atoms with Gasteiger partial charge in [0.2, 0.25) is 0 Å². The Morgan fingerprint density at radius 3 is 2.68 bits per heavy atom. The van der Waals surface area contributed by atoms with Crippen molar-refractivity contribution in [2.45, 2.75) is 44.1 Å². The van der Waals surface area contributed by atoms with Crippen molar-refractivity contribution in [3.8, 4) is 0 Å². The first-order valence-electron chi connectivity index (χ1n) is 7.53. The summed E-state index contributed by atoms with van der Waals surface area (Å²) in [5.74, 6) is 0.577. The molecular formula is C14H23N3O2. The highest BCUT2D eigenvalue weighted by atomic mass is 16.6. The molecule has 0 aromatic heterocycles. The highest BCUT2D eigenvalue weighted by Gasteiger charge is 2.46. The van der Waals surface area contributed by atoms with Crippen LogP contribution in [0.15, 0.2) is 4.99 Å². The van der Waals surface area contributed by atoms with E-state index in [2.05, 4.69) is 15.2 Å². The zero-order valence-electron chi connectivity index (χ0n) is 11.5. The van der Waals surface area contributed by atoms with Crippen molar-refractivity contribution in [2.75, 3.05) is 32.7 Å². The average molecular weight is 265 g/mol. The van der Waals surface area contributed by atoms with Gasteiger partial charge < -0.3 is 15.0 Å². The van der Waals surface area contributed by atoms with Crippen LogP contribution in [0.4, 0.5) is 0 Å². The van der Waals surface area contributed by atoms with Crippen LogP contribution >= 0.6 is 0 Å². The van der Waals surface area contributed by atoms with E-state index in [1.54, 1.807) is 0 Å². The van der Waals surface area contributed by atoms with E-state index in [0.29, 0.717) is 5.90 Å². The molecule has 0 atom stereocenters. The first kappa shape index (κ1) is 13.1. The third kappa shape index (κ3) is 2.82. The highest BCUT2D eigenvalue weighted by molar-refractivity contribution is 6.00. The number of aliphatic imine (C=N–C) groups is 1. The summed E-state index contributed by atoms with van der Waals surface area (Å²) in [6, 6.07) is 0. The molecule has 19 heavy (non-hydrogen) atoms. The number of esters is 1. The Balaban J connectivity index is 1.56. The molecule has 3 rings (SSSR count). The number of carbonyl (C=O) groups excluding carboxylic acids is 1. The fraction of sp³-hybridized carbons (Fsp3) is 0.857. The number of hydrogen-bond donors (Lipinski definition) is 1. The van der Waals surface area contributed by atoms with Crippen LogP contribution in [0, 0.1) is 0 Å². The normalized spacial score (nSPS) is 27.4. The SMILES string of the molecule is O=C1OC(CCN2CCNCC2)=NC12CCCCC2. The Morgan fingerprint density at radius 1 is 1.21 bits per heavy atom. The summed E-state index contributed by atoms with van der Waals surface area (Å²) in [4.78, 5) is 19.1. The van der Waals surface area contributed by atoms with E-state index in [-0.39, 0.29) is 5.97 Å². The van der Waals surface area contributed by atoms with Crippen LogP contribution in [0.3, 0.4) is 0 Å². The van der Waals surface area contributed by atoms with Crippen LogP contribution in [-0.4, -0.2) is 55.0 Å². The molecule has 2 fully saturated rings. The summed E-state index contributed by atoms with van der Waals surface area (Å²) in [5.41, 5.74) is -0.503. The minimum absolute atomic E-state index is 0.0949. The molecule has 2 heterocycles. The zero-order valence-corrected chi connectivity index (χ0v) is 11.5. The van der Waals surface area contributed by atoms with Gasteiger partial charge in [0, 0.05) is 39.1 Å². The molecule has 2 aliphatic heterocycles. The van der Waals surface area contributed by atoms with Gasteiger partial charge in [0.25, 0.3) is 0 Å². The molecule has 0 aromatic rings. The van der Waals surface area contributed by atoms with E-state index >= 15 is 0 Å². The van der Waals surface area contributed by atoms with Crippen LogP contribution in [-0.2, 0) is 9.53 Å². The topological polar surface area (TPSA) is 53.9 Å². The summed E-state index contributed by atoms with van der Waals surface area (Å²) in [7, 11) is 0. The molecule has 0 radical (unpaired) electrons. The molecule has 106 valence electrons. The van der Waals surface area contributed by atoms with Gasteiger partial charge in [0.15, 0.2) is 11.4 Å². The molecule has 0 unspecified atom stereocenters. The molecule has 1 saturated carbocycles. The Labute approximate surface area is 114 Å². The van der Waals surface area contributed by atoms with Gasteiger partial charge in [-0.3, -0.25) is 0 Å². The van der Waals surface area contributed by atoms with Crippen LogP contribution in [0.1, 0.15) is 38.5 Å². The number of ether oxygens (including phenoxy) is 1. The number of cyclic esters (lactones) is 1. The second kappa shape index (κ2) is 5.59. The molecule has 1 aliphatic carbocycles.